The summed E-state index contributed by atoms with van der Waals surface area (Å²) in [5.41, 5.74) is 7.67. The number of benzene rings is 1. The molecule has 7 nitrogen and oxygen atoms in total. The van der Waals surface area contributed by atoms with E-state index in [0.29, 0.717) is 16.9 Å². The Balaban J connectivity index is 2.37. The Morgan fingerprint density at radius 2 is 2.37 bits per heavy atom. The Morgan fingerprint density at radius 1 is 1.58 bits per heavy atom. The molecule has 0 aliphatic heterocycles. The second-order valence-corrected chi connectivity index (χ2v) is 3.72. The number of ether oxygens (including phenoxy) is 1. The van der Waals surface area contributed by atoms with Gasteiger partial charge in [-0.1, -0.05) is 0 Å². The van der Waals surface area contributed by atoms with Crippen molar-refractivity contribution in [3.05, 3.63) is 35.9 Å². The van der Waals surface area contributed by atoms with Gasteiger partial charge in [-0.05, 0) is 23.8 Å². The quantitative estimate of drug-likeness (QED) is 0.640. The maximum absolute atomic E-state index is 11.3. The fraction of sp³-hybridized carbons (Fsp3) is 0.167. The zero-order chi connectivity index (χ0) is 13.8. The molecule has 2 aromatic rings. The zero-order valence-corrected chi connectivity index (χ0v) is 10.2. The molecule has 0 spiro atoms. The molecule has 0 aliphatic rings. The average molecular weight is 257 g/mol. The van der Waals surface area contributed by atoms with Crippen molar-refractivity contribution in [3.63, 3.8) is 0 Å². The summed E-state index contributed by atoms with van der Waals surface area (Å²) in [6.07, 6.45) is 1.60. The lowest BCUT2D eigenvalue weighted by Crippen LogP contribution is -2.05. The smallest absolute Gasteiger partial charge is 0.377 e. The molecular formula is C12H11N5O2. The summed E-state index contributed by atoms with van der Waals surface area (Å²) < 4.78 is 5.95. The van der Waals surface area contributed by atoms with E-state index < -0.39 is 5.97 Å². The molecule has 0 atom stereocenters. The normalized spacial score (nSPS) is 9.89. The number of hydrogen-bond acceptors (Lipinski definition) is 6. The molecule has 0 saturated carbocycles. The number of nitriles is 1. The molecule has 0 radical (unpaired) electrons. The number of hydrogen-bond donors (Lipinski definition) is 1. The van der Waals surface area contributed by atoms with Crippen LogP contribution in [0.5, 0.6) is 0 Å². The number of rotatable bonds is 3. The minimum atomic E-state index is -0.605. The van der Waals surface area contributed by atoms with E-state index in [2.05, 4.69) is 14.8 Å². The third-order valence-corrected chi connectivity index (χ3v) is 2.52. The number of anilines is 1. The first-order chi connectivity index (χ1) is 9.15. The monoisotopic (exact) mass is 257 g/mol. The Bertz CT molecular complexity index is 656. The average Bonchev–Trinajstić information content (AvgIpc) is 2.90. The lowest BCUT2D eigenvalue weighted by molar-refractivity contribution is 0.0587. The summed E-state index contributed by atoms with van der Waals surface area (Å²) in [7, 11) is 1.26. The van der Waals surface area contributed by atoms with Gasteiger partial charge < -0.3 is 10.5 Å². The number of esters is 1. The second kappa shape index (κ2) is 5.18. The molecule has 0 unspecified atom stereocenters. The van der Waals surface area contributed by atoms with Crippen LogP contribution in [0.4, 0.5) is 5.69 Å². The van der Waals surface area contributed by atoms with Gasteiger partial charge in [0.05, 0.1) is 25.3 Å². The van der Waals surface area contributed by atoms with Crippen LogP contribution in [-0.2, 0) is 11.2 Å². The van der Waals surface area contributed by atoms with Crippen molar-refractivity contribution in [2.75, 3.05) is 12.8 Å². The van der Waals surface area contributed by atoms with Crippen LogP contribution >= 0.6 is 0 Å². The van der Waals surface area contributed by atoms with Gasteiger partial charge in [0.25, 0.3) is 5.82 Å². The molecule has 1 heterocycles. The highest BCUT2D eigenvalue weighted by atomic mass is 16.5. The van der Waals surface area contributed by atoms with Crippen LogP contribution in [0.3, 0.4) is 0 Å². The first kappa shape index (κ1) is 12.6. The molecule has 0 saturated heterocycles. The van der Waals surface area contributed by atoms with Gasteiger partial charge in [-0.15, -0.1) is 5.10 Å². The summed E-state index contributed by atoms with van der Waals surface area (Å²) in [5, 5.41) is 12.7. The summed E-state index contributed by atoms with van der Waals surface area (Å²) in [4.78, 5) is 15.1. The Labute approximate surface area is 109 Å². The molecule has 0 fully saturated rings. The number of aromatic nitrogens is 3. The molecule has 0 aliphatic carbocycles. The highest BCUT2D eigenvalue weighted by Crippen LogP contribution is 2.17. The van der Waals surface area contributed by atoms with Crippen molar-refractivity contribution in [2.45, 2.75) is 6.42 Å². The summed E-state index contributed by atoms with van der Waals surface area (Å²) in [6.45, 7) is 0. The van der Waals surface area contributed by atoms with Gasteiger partial charge in [-0.3, -0.25) is 0 Å². The lowest BCUT2D eigenvalue weighted by atomic mass is 10.1. The zero-order valence-electron chi connectivity index (χ0n) is 10.2. The largest absolute Gasteiger partial charge is 0.463 e. The number of nitrogens with zero attached hydrogens (tertiary/aromatic N) is 4. The first-order valence-corrected chi connectivity index (χ1v) is 5.41. The van der Waals surface area contributed by atoms with Gasteiger partial charge >= 0.3 is 5.97 Å². The minimum Gasteiger partial charge on any atom is -0.463 e. The highest BCUT2D eigenvalue weighted by Gasteiger charge is 2.12. The van der Waals surface area contributed by atoms with E-state index in [-0.39, 0.29) is 12.2 Å². The molecular weight excluding hydrogens is 246 g/mol. The molecule has 2 N–H and O–H groups in total. The molecule has 2 rings (SSSR count). The van der Waals surface area contributed by atoms with Gasteiger partial charge in [-0.2, -0.15) is 5.26 Å². The van der Waals surface area contributed by atoms with E-state index in [1.807, 2.05) is 6.07 Å². The number of nitrogen functional groups attached to an aromatic ring is 1. The van der Waals surface area contributed by atoms with Crippen molar-refractivity contribution < 1.29 is 9.53 Å². The first-order valence-electron chi connectivity index (χ1n) is 5.41. The highest BCUT2D eigenvalue weighted by molar-refractivity contribution is 5.84. The lowest BCUT2D eigenvalue weighted by Gasteiger charge is -2.05. The van der Waals surface area contributed by atoms with Gasteiger partial charge in [0.1, 0.15) is 6.33 Å². The molecule has 19 heavy (non-hydrogen) atoms. The van der Waals surface area contributed by atoms with Gasteiger partial charge in [0.15, 0.2) is 0 Å². The fourth-order valence-electron chi connectivity index (χ4n) is 1.55. The Morgan fingerprint density at radius 3 is 3.05 bits per heavy atom. The van der Waals surface area contributed by atoms with Crippen LogP contribution in [-0.4, -0.2) is 27.8 Å². The number of nitrogens with two attached hydrogens (primary N) is 1. The predicted molar refractivity (Wildman–Crippen MR) is 66.4 cm³/mol. The third kappa shape index (κ3) is 2.52. The van der Waals surface area contributed by atoms with E-state index in [9.17, 15) is 4.79 Å². The molecule has 1 aromatic heterocycles. The molecule has 7 heteroatoms. The van der Waals surface area contributed by atoms with Crippen molar-refractivity contribution in [1.82, 2.24) is 14.8 Å². The van der Waals surface area contributed by atoms with Crippen molar-refractivity contribution in [2.24, 2.45) is 0 Å². The number of carbonyl (C=O) groups excluding carboxylic acids is 1. The van der Waals surface area contributed by atoms with Crippen LogP contribution in [0.1, 0.15) is 16.2 Å². The van der Waals surface area contributed by atoms with E-state index in [4.69, 9.17) is 11.0 Å². The van der Waals surface area contributed by atoms with E-state index >= 15 is 0 Å². The van der Waals surface area contributed by atoms with Crippen LogP contribution in [0.15, 0.2) is 24.5 Å². The summed E-state index contributed by atoms with van der Waals surface area (Å²) in [5.74, 6) is -0.632. The molecule has 1 aromatic carbocycles. The van der Waals surface area contributed by atoms with Crippen LogP contribution in [0, 0.1) is 11.3 Å². The van der Waals surface area contributed by atoms with Crippen molar-refractivity contribution >= 4 is 11.7 Å². The second-order valence-electron chi connectivity index (χ2n) is 3.72. The van der Waals surface area contributed by atoms with Gasteiger partial charge in [0.2, 0.25) is 0 Å². The minimum absolute atomic E-state index is 0.0267. The maximum atomic E-state index is 11.3. The SMILES string of the molecule is COC(=O)c1ncn(-c2ccc(N)c(CC#N)c2)n1. The van der Waals surface area contributed by atoms with E-state index in [1.165, 1.54) is 18.1 Å². The Hall–Kier alpha value is -2.88. The fourth-order valence-corrected chi connectivity index (χ4v) is 1.55. The van der Waals surface area contributed by atoms with Gasteiger partial charge in [-0.25, -0.2) is 14.5 Å². The van der Waals surface area contributed by atoms with Crippen LogP contribution in [0.25, 0.3) is 5.69 Å². The molecule has 0 amide bonds. The van der Waals surface area contributed by atoms with Crippen molar-refractivity contribution in [3.8, 4) is 11.8 Å². The third-order valence-electron chi connectivity index (χ3n) is 2.52. The maximum Gasteiger partial charge on any atom is 0.377 e. The standard InChI is InChI=1S/C12H11N5O2/c1-19-12(18)11-15-7-17(16-11)9-2-3-10(14)8(6-9)4-5-13/h2-3,6-7H,4,14H2,1H3. The number of carbonyl (C=O) groups is 1. The molecule has 96 valence electrons. The van der Waals surface area contributed by atoms with E-state index in [0.717, 1.165) is 0 Å². The topological polar surface area (TPSA) is 107 Å². The number of methoxy groups -OCH3 is 1. The predicted octanol–water partition coefficient (Wildman–Crippen LogP) is 0.702. The Kier molecular flexibility index (Phi) is 3.43. The van der Waals surface area contributed by atoms with Gasteiger partial charge in [0, 0.05) is 5.69 Å². The van der Waals surface area contributed by atoms with Crippen LogP contribution in [0.2, 0.25) is 0 Å². The van der Waals surface area contributed by atoms with E-state index in [1.54, 1.807) is 18.2 Å². The van der Waals surface area contributed by atoms with Crippen LogP contribution < -0.4 is 5.73 Å². The molecule has 0 bridgehead atoms. The summed E-state index contributed by atoms with van der Waals surface area (Å²) in [6, 6.07) is 7.18. The summed E-state index contributed by atoms with van der Waals surface area (Å²) >= 11 is 0. The van der Waals surface area contributed by atoms with Crippen molar-refractivity contribution in [1.29, 1.82) is 5.26 Å².